The minimum Gasteiger partial charge on any atom is -0.481 e. The minimum atomic E-state index is -0.799. The van der Waals surface area contributed by atoms with Gasteiger partial charge in [0, 0.05) is 25.7 Å². The first-order valence-corrected chi connectivity index (χ1v) is 6.68. The van der Waals surface area contributed by atoms with E-state index in [1.807, 2.05) is 4.90 Å². The monoisotopic (exact) mass is 254 g/mol. The fraction of sp³-hybridized carbons (Fsp3) is 0.846. The third-order valence-electron chi connectivity index (χ3n) is 4.34. The Kier molecular flexibility index (Phi) is 3.50. The number of carboxylic acids is 1. The van der Waals surface area contributed by atoms with Gasteiger partial charge < -0.3 is 14.9 Å². The van der Waals surface area contributed by atoms with E-state index in [1.165, 1.54) is 0 Å². The standard InChI is InChI=1S/C13H22N2O3/c1-8-4-9(2)10(3)15(5-8)13(18)14-6-11(7-14)12(16)17/h8-11H,4-7H2,1-3H3,(H,16,17). The summed E-state index contributed by atoms with van der Waals surface area (Å²) in [6.45, 7) is 7.94. The van der Waals surface area contributed by atoms with E-state index in [9.17, 15) is 9.59 Å². The van der Waals surface area contributed by atoms with Gasteiger partial charge in [0.15, 0.2) is 0 Å². The molecular weight excluding hydrogens is 232 g/mol. The van der Waals surface area contributed by atoms with Crippen LogP contribution in [0.25, 0.3) is 0 Å². The van der Waals surface area contributed by atoms with Crippen molar-refractivity contribution in [2.24, 2.45) is 17.8 Å². The van der Waals surface area contributed by atoms with Gasteiger partial charge in [0.1, 0.15) is 0 Å². The molecule has 0 aliphatic carbocycles. The van der Waals surface area contributed by atoms with Gasteiger partial charge in [-0.3, -0.25) is 4.79 Å². The van der Waals surface area contributed by atoms with Gasteiger partial charge in [0.2, 0.25) is 0 Å². The molecule has 2 aliphatic rings. The van der Waals surface area contributed by atoms with E-state index in [-0.39, 0.29) is 18.0 Å². The fourth-order valence-electron chi connectivity index (χ4n) is 2.94. The highest BCUT2D eigenvalue weighted by Crippen LogP contribution is 2.29. The van der Waals surface area contributed by atoms with E-state index in [2.05, 4.69) is 20.8 Å². The van der Waals surface area contributed by atoms with E-state index >= 15 is 0 Å². The maximum Gasteiger partial charge on any atom is 0.320 e. The zero-order valence-electron chi connectivity index (χ0n) is 11.3. The van der Waals surface area contributed by atoms with Crippen molar-refractivity contribution in [2.45, 2.75) is 33.2 Å². The summed E-state index contributed by atoms with van der Waals surface area (Å²) in [5.41, 5.74) is 0. The Morgan fingerprint density at radius 1 is 1.11 bits per heavy atom. The van der Waals surface area contributed by atoms with Gasteiger partial charge in [-0.15, -0.1) is 0 Å². The van der Waals surface area contributed by atoms with Gasteiger partial charge in [-0.1, -0.05) is 13.8 Å². The van der Waals surface area contributed by atoms with Gasteiger partial charge in [-0.2, -0.15) is 0 Å². The number of nitrogens with zero attached hydrogens (tertiary/aromatic N) is 2. The van der Waals surface area contributed by atoms with Crippen molar-refractivity contribution in [2.75, 3.05) is 19.6 Å². The van der Waals surface area contributed by atoms with Crippen LogP contribution in [0.1, 0.15) is 27.2 Å². The number of amides is 2. The predicted octanol–water partition coefficient (Wildman–Crippen LogP) is 1.49. The lowest BCUT2D eigenvalue weighted by atomic mass is 9.86. The van der Waals surface area contributed by atoms with Gasteiger partial charge in [-0.05, 0) is 25.2 Å². The minimum absolute atomic E-state index is 0.0124. The van der Waals surface area contributed by atoms with Crippen molar-refractivity contribution in [3.63, 3.8) is 0 Å². The van der Waals surface area contributed by atoms with Crippen molar-refractivity contribution in [3.05, 3.63) is 0 Å². The molecule has 0 spiro atoms. The number of hydrogen-bond donors (Lipinski definition) is 1. The number of carboxylic acid groups (broad SMARTS) is 1. The zero-order valence-corrected chi connectivity index (χ0v) is 11.3. The van der Waals surface area contributed by atoms with Crippen molar-refractivity contribution in [1.29, 1.82) is 0 Å². The van der Waals surface area contributed by atoms with Gasteiger partial charge in [0.05, 0.1) is 5.92 Å². The Hall–Kier alpha value is -1.26. The highest BCUT2D eigenvalue weighted by atomic mass is 16.4. The maximum absolute atomic E-state index is 12.3. The molecule has 0 aromatic rings. The van der Waals surface area contributed by atoms with Crippen LogP contribution in [0, 0.1) is 17.8 Å². The first-order chi connectivity index (χ1) is 8.40. The molecule has 2 saturated heterocycles. The third kappa shape index (κ3) is 2.31. The summed E-state index contributed by atoms with van der Waals surface area (Å²) in [6.07, 6.45) is 1.16. The largest absolute Gasteiger partial charge is 0.481 e. The molecule has 102 valence electrons. The molecule has 0 radical (unpaired) electrons. The number of urea groups is 1. The Bertz CT molecular complexity index is 352. The van der Waals surface area contributed by atoms with Crippen LogP contribution < -0.4 is 0 Å². The van der Waals surface area contributed by atoms with Gasteiger partial charge in [0.25, 0.3) is 0 Å². The first kappa shape index (κ1) is 13.2. The molecule has 5 nitrogen and oxygen atoms in total. The number of likely N-dealkylation sites (tertiary alicyclic amines) is 2. The second kappa shape index (κ2) is 4.78. The Morgan fingerprint density at radius 3 is 2.28 bits per heavy atom. The zero-order chi connectivity index (χ0) is 13.4. The topological polar surface area (TPSA) is 60.9 Å². The van der Waals surface area contributed by atoms with E-state index in [4.69, 9.17) is 5.11 Å². The van der Waals surface area contributed by atoms with Crippen molar-refractivity contribution >= 4 is 12.0 Å². The highest BCUT2D eigenvalue weighted by Gasteiger charge is 2.40. The molecule has 1 N–H and O–H groups in total. The summed E-state index contributed by atoms with van der Waals surface area (Å²) < 4.78 is 0. The molecule has 2 fully saturated rings. The van der Waals surface area contributed by atoms with Crippen molar-refractivity contribution < 1.29 is 14.7 Å². The summed E-state index contributed by atoms with van der Waals surface area (Å²) in [6, 6.07) is 0.260. The summed E-state index contributed by atoms with van der Waals surface area (Å²) in [5, 5.41) is 8.83. The lowest BCUT2D eigenvalue weighted by Crippen LogP contribution is -2.60. The highest BCUT2D eigenvalue weighted by molar-refractivity contribution is 5.80. The van der Waals surface area contributed by atoms with Crippen molar-refractivity contribution in [3.8, 4) is 0 Å². The van der Waals surface area contributed by atoms with Crippen LogP contribution >= 0.6 is 0 Å². The normalized spacial score (nSPS) is 33.2. The van der Waals surface area contributed by atoms with Crippen LogP contribution in [0.5, 0.6) is 0 Å². The van der Waals surface area contributed by atoms with Crippen molar-refractivity contribution in [1.82, 2.24) is 9.80 Å². The van der Waals surface area contributed by atoms with Crippen LogP contribution in [-0.2, 0) is 4.79 Å². The number of hydrogen-bond acceptors (Lipinski definition) is 2. The first-order valence-electron chi connectivity index (χ1n) is 6.68. The summed E-state index contributed by atoms with van der Waals surface area (Å²) in [4.78, 5) is 26.6. The molecule has 18 heavy (non-hydrogen) atoms. The van der Waals surface area contributed by atoms with E-state index in [0.29, 0.717) is 24.9 Å². The third-order valence-corrected chi connectivity index (χ3v) is 4.34. The Morgan fingerprint density at radius 2 is 1.72 bits per heavy atom. The fourth-order valence-corrected chi connectivity index (χ4v) is 2.94. The SMILES string of the molecule is CC1CC(C)C(C)N(C(=O)N2CC(C(=O)O)C2)C1. The van der Waals surface area contributed by atoms with E-state index in [1.54, 1.807) is 4.90 Å². The average Bonchev–Trinajstić information content (AvgIpc) is 2.20. The molecule has 2 aliphatic heterocycles. The van der Waals surface area contributed by atoms with Crippen LogP contribution in [0.2, 0.25) is 0 Å². The Labute approximate surface area is 108 Å². The molecule has 3 atom stereocenters. The molecular formula is C13H22N2O3. The number of carbonyl (C=O) groups is 2. The van der Waals surface area contributed by atoms with Crippen LogP contribution in [0.4, 0.5) is 4.79 Å². The van der Waals surface area contributed by atoms with Crippen LogP contribution in [-0.4, -0.2) is 52.6 Å². The summed E-state index contributed by atoms with van der Waals surface area (Å²) in [7, 11) is 0. The molecule has 0 bridgehead atoms. The second-order valence-electron chi connectivity index (χ2n) is 5.93. The molecule has 0 aromatic carbocycles. The quantitative estimate of drug-likeness (QED) is 0.771. The van der Waals surface area contributed by atoms with Gasteiger partial charge in [-0.25, -0.2) is 4.79 Å². The predicted molar refractivity (Wildman–Crippen MR) is 67.2 cm³/mol. The lowest BCUT2D eigenvalue weighted by molar-refractivity contribution is -0.146. The molecule has 0 saturated carbocycles. The second-order valence-corrected chi connectivity index (χ2v) is 5.93. The lowest BCUT2D eigenvalue weighted by Gasteiger charge is -2.46. The summed E-state index contributed by atoms with van der Waals surface area (Å²) >= 11 is 0. The van der Waals surface area contributed by atoms with Gasteiger partial charge >= 0.3 is 12.0 Å². The number of carbonyl (C=O) groups excluding carboxylic acids is 1. The van der Waals surface area contributed by atoms with Crippen LogP contribution in [0.3, 0.4) is 0 Å². The molecule has 2 rings (SSSR count). The molecule has 5 heteroatoms. The van der Waals surface area contributed by atoms with E-state index < -0.39 is 5.97 Å². The summed E-state index contributed by atoms with van der Waals surface area (Å²) in [5.74, 6) is -0.137. The Balaban J connectivity index is 1.95. The number of aliphatic carboxylic acids is 1. The van der Waals surface area contributed by atoms with Crippen LogP contribution in [0.15, 0.2) is 0 Å². The molecule has 0 aromatic heterocycles. The number of piperidine rings is 1. The average molecular weight is 254 g/mol. The molecule has 2 heterocycles. The van der Waals surface area contributed by atoms with E-state index in [0.717, 1.165) is 13.0 Å². The number of rotatable bonds is 1. The maximum atomic E-state index is 12.3. The molecule has 2 amide bonds. The smallest absolute Gasteiger partial charge is 0.320 e. The molecule has 3 unspecified atom stereocenters.